The third-order valence-corrected chi connectivity index (χ3v) is 2.33. The number of allylic oxidation sites excluding steroid dienone is 1. The molecule has 0 fully saturated rings. The van der Waals surface area contributed by atoms with Crippen molar-refractivity contribution in [1.29, 1.82) is 0 Å². The van der Waals surface area contributed by atoms with Gasteiger partial charge >= 0.3 is 0 Å². The molecule has 2 N–H and O–H groups in total. The Kier molecular flexibility index (Phi) is 3.40. The van der Waals surface area contributed by atoms with Crippen LogP contribution >= 0.6 is 0 Å². The first-order chi connectivity index (χ1) is 8.29. The zero-order chi connectivity index (χ0) is 12.1. The van der Waals surface area contributed by atoms with Gasteiger partial charge in [-0.3, -0.25) is 4.98 Å². The van der Waals surface area contributed by atoms with Crippen molar-refractivity contribution < 1.29 is 4.74 Å². The second-order valence-electron chi connectivity index (χ2n) is 3.64. The van der Waals surface area contributed by atoms with Crippen LogP contribution in [0.5, 0.6) is 11.5 Å². The molecule has 0 atom stereocenters. The number of rotatable bonds is 4. The third kappa shape index (κ3) is 2.84. The largest absolute Gasteiger partial charge is 0.457 e. The van der Waals surface area contributed by atoms with E-state index in [0.29, 0.717) is 0 Å². The molecule has 0 bridgehead atoms. The first kappa shape index (κ1) is 11.2. The van der Waals surface area contributed by atoms with Crippen molar-refractivity contribution in [2.75, 3.05) is 5.73 Å². The molecule has 0 saturated carbocycles. The maximum absolute atomic E-state index is 5.77. The summed E-state index contributed by atoms with van der Waals surface area (Å²) in [5, 5.41) is 0. The zero-order valence-corrected chi connectivity index (χ0v) is 9.47. The summed E-state index contributed by atoms with van der Waals surface area (Å²) in [5.74, 6) is 1.56. The van der Waals surface area contributed by atoms with Gasteiger partial charge in [0.2, 0.25) is 0 Å². The Morgan fingerprint density at radius 2 is 2.00 bits per heavy atom. The van der Waals surface area contributed by atoms with Gasteiger partial charge in [0.1, 0.15) is 11.5 Å². The molecule has 3 nitrogen and oxygen atoms in total. The summed E-state index contributed by atoms with van der Waals surface area (Å²) in [7, 11) is 0. The summed E-state index contributed by atoms with van der Waals surface area (Å²) < 4.78 is 5.77. The minimum Gasteiger partial charge on any atom is -0.457 e. The maximum atomic E-state index is 5.77. The van der Waals surface area contributed by atoms with Crippen molar-refractivity contribution in [3.05, 3.63) is 60.9 Å². The second-order valence-corrected chi connectivity index (χ2v) is 3.64. The Morgan fingerprint density at radius 3 is 2.71 bits per heavy atom. The summed E-state index contributed by atoms with van der Waals surface area (Å²) >= 11 is 0. The van der Waals surface area contributed by atoms with Crippen LogP contribution < -0.4 is 10.5 Å². The molecule has 0 spiro atoms. The van der Waals surface area contributed by atoms with Crippen molar-refractivity contribution in [3.8, 4) is 11.5 Å². The van der Waals surface area contributed by atoms with E-state index in [1.165, 1.54) is 0 Å². The van der Waals surface area contributed by atoms with E-state index < -0.39 is 0 Å². The number of nitrogens with two attached hydrogens (primary N) is 1. The number of hydrogen-bond donors (Lipinski definition) is 1. The number of hydrogen-bond acceptors (Lipinski definition) is 3. The topological polar surface area (TPSA) is 48.1 Å². The molecular formula is C14H14N2O. The first-order valence-corrected chi connectivity index (χ1v) is 5.37. The van der Waals surface area contributed by atoms with Gasteiger partial charge < -0.3 is 10.5 Å². The van der Waals surface area contributed by atoms with Gasteiger partial charge in [0.15, 0.2) is 0 Å². The lowest BCUT2D eigenvalue weighted by molar-refractivity contribution is 0.477. The van der Waals surface area contributed by atoms with Crippen LogP contribution in [0.4, 0.5) is 5.69 Å². The lowest BCUT2D eigenvalue weighted by atomic mass is 10.1. The molecule has 2 aromatic rings. The van der Waals surface area contributed by atoms with Crippen LogP contribution in [0.15, 0.2) is 55.4 Å². The van der Waals surface area contributed by atoms with E-state index in [9.17, 15) is 0 Å². The molecule has 1 aromatic heterocycles. The van der Waals surface area contributed by atoms with Gasteiger partial charge in [-0.05, 0) is 36.8 Å². The molecule has 0 aliphatic carbocycles. The first-order valence-electron chi connectivity index (χ1n) is 5.37. The highest BCUT2D eigenvalue weighted by atomic mass is 16.5. The number of anilines is 1. The van der Waals surface area contributed by atoms with Gasteiger partial charge in [-0.15, -0.1) is 6.58 Å². The Balaban J connectivity index is 2.29. The van der Waals surface area contributed by atoms with Gasteiger partial charge in [-0.25, -0.2) is 0 Å². The molecule has 2 rings (SSSR count). The molecular weight excluding hydrogens is 212 g/mol. The highest BCUT2D eigenvalue weighted by Crippen LogP contribution is 2.27. The van der Waals surface area contributed by atoms with Crippen molar-refractivity contribution >= 4 is 5.69 Å². The fourth-order valence-corrected chi connectivity index (χ4v) is 1.55. The summed E-state index contributed by atoms with van der Waals surface area (Å²) in [6.45, 7) is 3.73. The average Bonchev–Trinajstić information content (AvgIpc) is 2.34. The van der Waals surface area contributed by atoms with Gasteiger partial charge in [-0.2, -0.15) is 0 Å². The van der Waals surface area contributed by atoms with Gasteiger partial charge in [0.05, 0.1) is 0 Å². The average molecular weight is 226 g/mol. The van der Waals surface area contributed by atoms with E-state index in [1.54, 1.807) is 12.4 Å². The Bertz CT molecular complexity index is 509. The molecule has 0 saturated heterocycles. The van der Waals surface area contributed by atoms with Crippen LogP contribution in [0, 0.1) is 0 Å². The van der Waals surface area contributed by atoms with Gasteiger partial charge in [0, 0.05) is 23.6 Å². The van der Waals surface area contributed by atoms with Crippen LogP contribution in [-0.4, -0.2) is 4.98 Å². The molecule has 3 heteroatoms. The fraction of sp³-hybridized carbons (Fsp3) is 0.0714. The number of benzene rings is 1. The molecule has 0 aliphatic heterocycles. The van der Waals surface area contributed by atoms with E-state index in [1.807, 2.05) is 36.4 Å². The zero-order valence-electron chi connectivity index (χ0n) is 9.47. The minimum absolute atomic E-state index is 0.726. The number of aromatic nitrogens is 1. The summed E-state index contributed by atoms with van der Waals surface area (Å²) in [6, 6.07) is 9.22. The van der Waals surface area contributed by atoms with Gasteiger partial charge in [-0.1, -0.05) is 6.08 Å². The number of nitrogens with zero attached hydrogens (tertiary/aromatic N) is 1. The van der Waals surface area contributed by atoms with Crippen molar-refractivity contribution in [2.45, 2.75) is 6.42 Å². The number of nitrogen functional groups attached to an aromatic ring is 1. The molecule has 86 valence electrons. The molecule has 0 radical (unpaired) electrons. The Labute approximate surface area is 101 Å². The van der Waals surface area contributed by atoms with Crippen molar-refractivity contribution in [3.63, 3.8) is 0 Å². The predicted molar refractivity (Wildman–Crippen MR) is 69.1 cm³/mol. The molecule has 0 unspecified atom stereocenters. The SMILES string of the molecule is C=CCc1cc(N)ccc1Oc1ccncc1. The van der Waals surface area contributed by atoms with E-state index in [0.717, 1.165) is 29.2 Å². The molecule has 0 aliphatic rings. The fourth-order valence-electron chi connectivity index (χ4n) is 1.55. The monoisotopic (exact) mass is 226 g/mol. The lowest BCUT2D eigenvalue weighted by Gasteiger charge is -2.10. The highest BCUT2D eigenvalue weighted by molar-refractivity contribution is 5.49. The van der Waals surface area contributed by atoms with Crippen LogP contribution in [0.1, 0.15) is 5.56 Å². The maximum Gasteiger partial charge on any atom is 0.131 e. The van der Waals surface area contributed by atoms with Crippen LogP contribution in [0.2, 0.25) is 0 Å². The standard InChI is InChI=1S/C14H14N2O/c1-2-3-11-10-12(15)4-5-14(11)17-13-6-8-16-9-7-13/h2,4-10H,1,3,15H2. The summed E-state index contributed by atoms with van der Waals surface area (Å²) in [5.41, 5.74) is 7.50. The molecule has 17 heavy (non-hydrogen) atoms. The van der Waals surface area contributed by atoms with Crippen LogP contribution in [0.25, 0.3) is 0 Å². The van der Waals surface area contributed by atoms with E-state index in [4.69, 9.17) is 10.5 Å². The lowest BCUT2D eigenvalue weighted by Crippen LogP contribution is -1.93. The smallest absolute Gasteiger partial charge is 0.131 e. The quantitative estimate of drug-likeness (QED) is 0.643. The third-order valence-electron chi connectivity index (χ3n) is 2.33. The second kappa shape index (κ2) is 5.16. The van der Waals surface area contributed by atoms with E-state index >= 15 is 0 Å². The highest BCUT2D eigenvalue weighted by Gasteiger charge is 2.04. The molecule has 1 heterocycles. The Morgan fingerprint density at radius 1 is 1.24 bits per heavy atom. The summed E-state index contributed by atoms with van der Waals surface area (Å²) in [6.07, 6.45) is 5.94. The van der Waals surface area contributed by atoms with E-state index in [2.05, 4.69) is 11.6 Å². The van der Waals surface area contributed by atoms with Crippen LogP contribution in [0.3, 0.4) is 0 Å². The van der Waals surface area contributed by atoms with Gasteiger partial charge in [0.25, 0.3) is 0 Å². The number of ether oxygens (including phenoxy) is 1. The van der Waals surface area contributed by atoms with Crippen molar-refractivity contribution in [2.24, 2.45) is 0 Å². The number of pyridine rings is 1. The molecule has 0 amide bonds. The Hall–Kier alpha value is -2.29. The summed E-state index contributed by atoms with van der Waals surface area (Å²) in [4.78, 5) is 3.94. The van der Waals surface area contributed by atoms with Crippen LogP contribution in [-0.2, 0) is 6.42 Å². The van der Waals surface area contributed by atoms with Crippen molar-refractivity contribution in [1.82, 2.24) is 4.98 Å². The molecule has 1 aromatic carbocycles. The minimum atomic E-state index is 0.726. The normalized spacial score (nSPS) is 9.88. The van der Waals surface area contributed by atoms with E-state index in [-0.39, 0.29) is 0 Å². The predicted octanol–water partition coefficient (Wildman–Crippen LogP) is 3.18.